The summed E-state index contributed by atoms with van der Waals surface area (Å²) in [6.07, 6.45) is 38.0. The molecule has 66 heavy (non-hydrogen) atoms. The Balaban J connectivity index is 2.76. The number of unbranched alkanes of at least 4 members (excludes halogenated alkanes) is 30. The lowest BCUT2D eigenvalue weighted by Crippen LogP contribution is -2.61. The summed E-state index contributed by atoms with van der Waals surface area (Å²) in [6.45, 7) is 5.75. The zero-order valence-corrected chi connectivity index (χ0v) is 42.6. The predicted molar refractivity (Wildman–Crippen MR) is 269 cm³/mol. The molecule has 11 nitrogen and oxygen atoms in total. The summed E-state index contributed by atoms with van der Waals surface area (Å²) in [5, 5.41) is 56.6. The highest BCUT2D eigenvalue weighted by atomic mass is 16.7. The fourth-order valence-corrected chi connectivity index (χ4v) is 8.65. The van der Waals surface area contributed by atoms with Crippen LogP contribution in [-0.2, 0) is 23.8 Å². The standard InChI is InChI=1S/C55H103NO10/c1-4-7-10-13-16-19-22-24-27-30-33-36-39-42-48(59)54(63)56-46(47(58)41-38-35-32-29-26-21-18-15-12-9-6-3)45-64-55-53(52(62)51(61)49(44-57)65-55)66-50(60)43-40-37-34-31-28-25-23-20-17-14-11-8-5-2/h25,28,38,41,46-49,51-53,55,57-59,61-62H,4-24,26-27,29-37,39-40,42-45H2,1-3H3,(H,56,63)/b28-25-,41-38+. The van der Waals surface area contributed by atoms with Crippen molar-refractivity contribution in [2.75, 3.05) is 13.2 Å². The van der Waals surface area contributed by atoms with E-state index in [-0.39, 0.29) is 13.0 Å². The molecule has 1 aliphatic rings. The number of ether oxygens (including phenoxy) is 3. The Morgan fingerprint density at radius 1 is 0.576 bits per heavy atom. The number of carbonyl (C=O) groups is 2. The fraction of sp³-hybridized carbons (Fsp3) is 0.891. The predicted octanol–water partition coefficient (Wildman–Crippen LogP) is 11.8. The van der Waals surface area contributed by atoms with Crippen LogP contribution in [0.3, 0.4) is 0 Å². The molecule has 6 N–H and O–H groups in total. The number of carbonyl (C=O) groups excluding carboxylic acids is 2. The van der Waals surface area contributed by atoms with Gasteiger partial charge in [0, 0.05) is 6.42 Å². The van der Waals surface area contributed by atoms with Crippen molar-refractivity contribution < 1.29 is 49.3 Å². The number of hydrogen-bond donors (Lipinski definition) is 6. The lowest BCUT2D eigenvalue weighted by atomic mass is 9.99. The van der Waals surface area contributed by atoms with E-state index in [1.165, 1.54) is 141 Å². The van der Waals surface area contributed by atoms with Crippen LogP contribution in [0.2, 0.25) is 0 Å². The lowest BCUT2D eigenvalue weighted by Gasteiger charge is -2.41. The second-order valence-corrected chi connectivity index (χ2v) is 19.3. The quantitative estimate of drug-likeness (QED) is 0.0196. The Kier molecular flexibility index (Phi) is 41.8. The molecule has 0 aromatic carbocycles. The molecule has 11 heteroatoms. The number of hydrogen-bond acceptors (Lipinski definition) is 10. The summed E-state index contributed by atoms with van der Waals surface area (Å²) in [6, 6.07) is -1.02. The Hall–Kier alpha value is -1.86. The Labute approximate surface area is 403 Å². The molecule has 0 saturated carbocycles. The largest absolute Gasteiger partial charge is 0.454 e. The molecule has 1 heterocycles. The van der Waals surface area contributed by atoms with Crippen LogP contribution in [0, 0.1) is 0 Å². The van der Waals surface area contributed by atoms with Crippen LogP contribution in [0.5, 0.6) is 0 Å². The van der Waals surface area contributed by atoms with Crippen molar-refractivity contribution in [1.82, 2.24) is 5.32 Å². The van der Waals surface area contributed by atoms with Crippen LogP contribution < -0.4 is 5.32 Å². The maximum absolute atomic E-state index is 13.3. The Morgan fingerprint density at radius 3 is 1.47 bits per heavy atom. The molecular formula is C55H103NO10. The average molecular weight is 938 g/mol. The van der Waals surface area contributed by atoms with Gasteiger partial charge in [-0.1, -0.05) is 218 Å². The Morgan fingerprint density at radius 2 is 1.00 bits per heavy atom. The first-order chi connectivity index (χ1) is 32.2. The molecule has 0 aromatic heterocycles. The normalized spacial score (nSPS) is 20.3. The minimum Gasteiger partial charge on any atom is -0.454 e. The SMILES string of the molecule is CCCCCCCC/C=C\CCCCCC(=O)OC1C(OCC(NC(=O)C(O)CCCCCCCCCCCCCCC)C(O)/C=C/CCCCCCCCCCC)OC(CO)C(O)C1O. The van der Waals surface area contributed by atoms with Crippen molar-refractivity contribution in [2.45, 2.75) is 301 Å². The van der Waals surface area contributed by atoms with E-state index in [1.807, 2.05) is 6.08 Å². The average Bonchev–Trinajstić information content (AvgIpc) is 3.31. The van der Waals surface area contributed by atoms with Gasteiger partial charge < -0.3 is 45.1 Å². The molecule has 8 atom stereocenters. The van der Waals surface area contributed by atoms with Crippen molar-refractivity contribution in [2.24, 2.45) is 0 Å². The van der Waals surface area contributed by atoms with Crippen LogP contribution in [0.25, 0.3) is 0 Å². The Bertz CT molecular complexity index is 1170. The summed E-state index contributed by atoms with van der Waals surface area (Å²) in [7, 11) is 0. The summed E-state index contributed by atoms with van der Waals surface area (Å²) >= 11 is 0. The highest BCUT2D eigenvalue weighted by molar-refractivity contribution is 5.80. The van der Waals surface area contributed by atoms with Crippen molar-refractivity contribution in [3.05, 3.63) is 24.3 Å². The van der Waals surface area contributed by atoms with E-state index in [4.69, 9.17) is 14.2 Å². The van der Waals surface area contributed by atoms with Crippen molar-refractivity contribution >= 4 is 11.9 Å². The molecular weight excluding hydrogens is 835 g/mol. The third-order valence-corrected chi connectivity index (χ3v) is 13.1. The summed E-state index contributed by atoms with van der Waals surface area (Å²) in [5.41, 5.74) is 0. The number of aliphatic hydroxyl groups is 5. The van der Waals surface area contributed by atoms with Gasteiger partial charge in [-0.2, -0.15) is 0 Å². The summed E-state index contributed by atoms with van der Waals surface area (Å²) < 4.78 is 17.5. The van der Waals surface area contributed by atoms with E-state index >= 15 is 0 Å². The lowest BCUT2D eigenvalue weighted by molar-refractivity contribution is -0.305. The van der Waals surface area contributed by atoms with E-state index in [0.717, 1.165) is 64.2 Å². The molecule has 1 saturated heterocycles. The first-order valence-corrected chi connectivity index (χ1v) is 27.6. The maximum Gasteiger partial charge on any atom is 0.306 e. The van der Waals surface area contributed by atoms with Gasteiger partial charge in [-0.05, 0) is 51.4 Å². The first kappa shape index (κ1) is 62.2. The van der Waals surface area contributed by atoms with E-state index in [0.29, 0.717) is 19.3 Å². The molecule has 8 unspecified atom stereocenters. The van der Waals surface area contributed by atoms with E-state index < -0.39 is 67.4 Å². The number of aliphatic hydroxyl groups excluding tert-OH is 5. The van der Waals surface area contributed by atoms with Crippen molar-refractivity contribution in [3.63, 3.8) is 0 Å². The molecule has 0 aromatic rings. The van der Waals surface area contributed by atoms with Crippen LogP contribution in [-0.4, -0.2) is 99.6 Å². The third-order valence-electron chi connectivity index (χ3n) is 13.1. The van der Waals surface area contributed by atoms with E-state index in [1.54, 1.807) is 6.08 Å². The minimum absolute atomic E-state index is 0.106. The molecule has 1 aliphatic heterocycles. The summed E-state index contributed by atoms with van der Waals surface area (Å²) in [4.78, 5) is 26.3. The summed E-state index contributed by atoms with van der Waals surface area (Å²) in [5.74, 6) is -1.21. The van der Waals surface area contributed by atoms with Gasteiger partial charge in [0.2, 0.25) is 5.91 Å². The van der Waals surface area contributed by atoms with Gasteiger partial charge in [-0.15, -0.1) is 0 Å². The van der Waals surface area contributed by atoms with Crippen molar-refractivity contribution in [3.8, 4) is 0 Å². The molecule has 1 amide bonds. The van der Waals surface area contributed by atoms with Gasteiger partial charge in [-0.25, -0.2) is 0 Å². The monoisotopic (exact) mass is 938 g/mol. The van der Waals surface area contributed by atoms with Crippen LogP contribution in [0.4, 0.5) is 0 Å². The minimum atomic E-state index is -1.61. The van der Waals surface area contributed by atoms with E-state index in [2.05, 4.69) is 38.2 Å². The van der Waals surface area contributed by atoms with E-state index in [9.17, 15) is 35.1 Å². The smallest absolute Gasteiger partial charge is 0.306 e. The van der Waals surface area contributed by atoms with Gasteiger partial charge in [-0.3, -0.25) is 9.59 Å². The zero-order valence-electron chi connectivity index (χ0n) is 42.6. The van der Waals surface area contributed by atoms with Crippen LogP contribution in [0.15, 0.2) is 24.3 Å². The third kappa shape index (κ3) is 32.8. The highest BCUT2D eigenvalue weighted by Gasteiger charge is 2.47. The van der Waals surface area contributed by atoms with Gasteiger partial charge in [0.15, 0.2) is 12.4 Å². The van der Waals surface area contributed by atoms with Gasteiger partial charge in [0.05, 0.1) is 25.4 Å². The molecule has 0 spiro atoms. The van der Waals surface area contributed by atoms with Gasteiger partial charge in [0.25, 0.3) is 0 Å². The topological polar surface area (TPSA) is 175 Å². The second kappa shape index (κ2) is 44.4. The highest BCUT2D eigenvalue weighted by Crippen LogP contribution is 2.26. The van der Waals surface area contributed by atoms with Crippen LogP contribution >= 0.6 is 0 Å². The molecule has 0 bridgehead atoms. The molecule has 1 fully saturated rings. The molecule has 388 valence electrons. The van der Waals surface area contributed by atoms with Gasteiger partial charge in [0.1, 0.15) is 24.4 Å². The fourth-order valence-electron chi connectivity index (χ4n) is 8.65. The number of amides is 1. The molecule has 1 rings (SSSR count). The molecule has 0 aliphatic carbocycles. The number of esters is 1. The number of nitrogens with one attached hydrogen (secondary N) is 1. The second-order valence-electron chi connectivity index (χ2n) is 19.3. The zero-order chi connectivity index (χ0) is 48.3. The van der Waals surface area contributed by atoms with Crippen molar-refractivity contribution in [1.29, 1.82) is 0 Å². The molecule has 0 radical (unpaired) electrons. The van der Waals surface area contributed by atoms with Crippen LogP contribution in [0.1, 0.15) is 252 Å². The number of rotatable bonds is 46. The van der Waals surface area contributed by atoms with Gasteiger partial charge >= 0.3 is 5.97 Å². The number of allylic oxidation sites excluding steroid dienone is 3. The first-order valence-electron chi connectivity index (χ1n) is 27.6. The maximum atomic E-state index is 13.3.